The van der Waals surface area contributed by atoms with Crippen molar-refractivity contribution in [2.24, 2.45) is 0 Å². The molecule has 1 fully saturated rings. The molecule has 0 saturated carbocycles. The monoisotopic (exact) mass is 547 g/mol. The van der Waals surface area contributed by atoms with Crippen LogP contribution in [-0.4, -0.2) is 57.6 Å². The van der Waals surface area contributed by atoms with Crippen LogP contribution >= 0.6 is 0 Å². The minimum atomic E-state index is -0.595. The number of aromatic nitrogens is 1. The fraction of sp³-hybridized carbons (Fsp3) is 0.257. The second-order valence-electron chi connectivity index (χ2n) is 11.3. The van der Waals surface area contributed by atoms with E-state index in [-0.39, 0.29) is 18.0 Å². The molecule has 0 radical (unpaired) electrons. The molecule has 0 aliphatic carbocycles. The van der Waals surface area contributed by atoms with E-state index in [1.807, 2.05) is 130 Å². The number of hydrogen-bond acceptors (Lipinski definition) is 3. The number of rotatable bonds is 5. The van der Waals surface area contributed by atoms with Gasteiger partial charge in [-0.2, -0.15) is 0 Å². The van der Waals surface area contributed by atoms with E-state index in [1.54, 1.807) is 4.90 Å². The molecule has 2 amide bonds. The van der Waals surface area contributed by atoms with E-state index in [1.165, 1.54) is 0 Å². The Morgan fingerprint density at radius 2 is 1.46 bits per heavy atom. The van der Waals surface area contributed by atoms with Gasteiger partial charge in [0.2, 0.25) is 0 Å². The van der Waals surface area contributed by atoms with Gasteiger partial charge in [0.25, 0.3) is 5.91 Å². The molecule has 0 bridgehead atoms. The van der Waals surface area contributed by atoms with Gasteiger partial charge in [-0.3, -0.25) is 4.79 Å². The van der Waals surface area contributed by atoms with E-state index >= 15 is 0 Å². The molecule has 0 unspecified atom stereocenters. The molecule has 210 valence electrons. The number of ether oxygens (including phenoxy) is 1. The minimum Gasteiger partial charge on any atom is -0.444 e. The standard InChI is InChI=1S/C35H37N3O3/c1-26-24-31(32(28-16-10-6-11-17-28)38(26)29-18-12-7-13-19-29)33(39)37-23-22-36(34(40)41-35(2,3)4)25-30(37)21-20-27-14-8-5-9-15-27/h5-21,24,30H,22-23,25H2,1-4H3/b21-20+/t30-/m1/s1. The zero-order valence-corrected chi connectivity index (χ0v) is 24.2. The molecular weight excluding hydrogens is 510 g/mol. The largest absolute Gasteiger partial charge is 0.444 e. The zero-order valence-electron chi connectivity index (χ0n) is 24.2. The first-order valence-corrected chi connectivity index (χ1v) is 14.1. The van der Waals surface area contributed by atoms with Gasteiger partial charge in [-0.25, -0.2) is 4.79 Å². The highest BCUT2D eigenvalue weighted by atomic mass is 16.6. The van der Waals surface area contributed by atoms with E-state index < -0.39 is 5.60 Å². The van der Waals surface area contributed by atoms with Crippen molar-refractivity contribution < 1.29 is 14.3 Å². The van der Waals surface area contributed by atoms with Crippen molar-refractivity contribution in [3.05, 3.63) is 120 Å². The van der Waals surface area contributed by atoms with Crippen molar-refractivity contribution in [2.75, 3.05) is 19.6 Å². The Morgan fingerprint density at radius 3 is 2.10 bits per heavy atom. The zero-order chi connectivity index (χ0) is 29.0. The van der Waals surface area contributed by atoms with Gasteiger partial charge < -0.3 is 19.1 Å². The summed E-state index contributed by atoms with van der Waals surface area (Å²) in [6.07, 6.45) is 3.67. The highest BCUT2D eigenvalue weighted by molar-refractivity contribution is 6.01. The summed E-state index contributed by atoms with van der Waals surface area (Å²) in [6, 6.07) is 31.8. The molecular formula is C35H37N3O3. The van der Waals surface area contributed by atoms with Crippen LogP contribution < -0.4 is 0 Å². The smallest absolute Gasteiger partial charge is 0.410 e. The van der Waals surface area contributed by atoms with Crippen molar-refractivity contribution in [3.63, 3.8) is 0 Å². The number of benzene rings is 3. The number of amides is 2. The molecule has 3 aromatic carbocycles. The predicted octanol–water partition coefficient (Wildman–Crippen LogP) is 7.23. The molecule has 1 saturated heterocycles. The summed E-state index contributed by atoms with van der Waals surface area (Å²) in [7, 11) is 0. The Hall–Kier alpha value is -4.58. The molecule has 1 aliphatic rings. The lowest BCUT2D eigenvalue weighted by Gasteiger charge is -2.40. The van der Waals surface area contributed by atoms with Gasteiger partial charge in [0.1, 0.15) is 5.60 Å². The van der Waals surface area contributed by atoms with Crippen LogP contribution in [-0.2, 0) is 4.74 Å². The van der Waals surface area contributed by atoms with Crippen LogP contribution in [0.25, 0.3) is 23.0 Å². The maximum Gasteiger partial charge on any atom is 0.410 e. The van der Waals surface area contributed by atoms with E-state index in [0.29, 0.717) is 25.2 Å². The number of hydrogen-bond donors (Lipinski definition) is 0. The van der Waals surface area contributed by atoms with Gasteiger partial charge in [0, 0.05) is 31.0 Å². The molecule has 0 spiro atoms. The number of carbonyl (C=O) groups is 2. The van der Waals surface area contributed by atoms with Crippen LogP contribution in [0.15, 0.2) is 103 Å². The van der Waals surface area contributed by atoms with E-state index in [2.05, 4.69) is 16.7 Å². The third-order valence-electron chi connectivity index (χ3n) is 7.12. The first-order valence-electron chi connectivity index (χ1n) is 14.1. The van der Waals surface area contributed by atoms with Crippen LogP contribution in [0.1, 0.15) is 42.4 Å². The Morgan fingerprint density at radius 1 is 0.854 bits per heavy atom. The number of piperazine rings is 1. The summed E-state index contributed by atoms with van der Waals surface area (Å²) in [6.45, 7) is 8.76. The molecule has 6 nitrogen and oxygen atoms in total. The lowest BCUT2D eigenvalue weighted by Crippen LogP contribution is -2.56. The number of carbonyl (C=O) groups excluding carboxylic acids is 2. The Balaban J connectivity index is 1.54. The third kappa shape index (κ3) is 6.43. The lowest BCUT2D eigenvalue weighted by molar-refractivity contribution is 0.00874. The first-order chi connectivity index (χ1) is 19.7. The van der Waals surface area contributed by atoms with Crippen molar-refractivity contribution in [2.45, 2.75) is 39.3 Å². The van der Waals surface area contributed by atoms with Gasteiger partial charge in [0.05, 0.1) is 17.3 Å². The molecule has 41 heavy (non-hydrogen) atoms. The summed E-state index contributed by atoms with van der Waals surface area (Å²) < 4.78 is 7.82. The van der Waals surface area contributed by atoms with Crippen LogP contribution in [0.3, 0.4) is 0 Å². The van der Waals surface area contributed by atoms with Gasteiger partial charge in [0.15, 0.2) is 0 Å². The normalized spacial score (nSPS) is 15.8. The quantitative estimate of drug-likeness (QED) is 0.265. The van der Waals surface area contributed by atoms with Crippen molar-refractivity contribution in [1.82, 2.24) is 14.4 Å². The molecule has 2 heterocycles. The Kier molecular flexibility index (Phi) is 8.11. The maximum absolute atomic E-state index is 14.5. The van der Waals surface area contributed by atoms with Gasteiger partial charge >= 0.3 is 6.09 Å². The summed E-state index contributed by atoms with van der Waals surface area (Å²) in [5, 5.41) is 0. The Labute approximate surface area is 242 Å². The molecule has 1 aliphatic heterocycles. The van der Waals surface area contributed by atoms with Crippen molar-refractivity contribution in [1.29, 1.82) is 0 Å². The minimum absolute atomic E-state index is 0.0619. The number of nitrogens with zero attached hydrogens (tertiary/aromatic N) is 3. The fourth-order valence-corrected chi connectivity index (χ4v) is 5.25. The van der Waals surface area contributed by atoms with E-state index in [9.17, 15) is 9.59 Å². The highest BCUT2D eigenvalue weighted by Crippen LogP contribution is 2.33. The first kappa shape index (κ1) is 28.0. The second kappa shape index (κ2) is 11.9. The van der Waals surface area contributed by atoms with Crippen LogP contribution in [0, 0.1) is 6.92 Å². The third-order valence-corrected chi connectivity index (χ3v) is 7.12. The summed E-state index contributed by atoms with van der Waals surface area (Å²) in [4.78, 5) is 31.0. The predicted molar refractivity (Wildman–Crippen MR) is 164 cm³/mol. The molecule has 5 rings (SSSR count). The van der Waals surface area contributed by atoms with Crippen molar-refractivity contribution in [3.8, 4) is 16.9 Å². The lowest BCUT2D eigenvalue weighted by atomic mass is 10.0. The molecule has 4 aromatic rings. The van der Waals surface area contributed by atoms with Crippen LogP contribution in [0.2, 0.25) is 0 Å². The topological polar surface area (TPSA) is 54.8 Å². The van der Waals surface area contributed by atoms with E-state index in [4.69, 9.17) is 4.74 Å². The maximum atomic E-state index is 14.5. The summed E-state index contributed by atoms with van der Waals surface area (Å²) in [5.74, 6) is -0.0619. The molecule has 1 aromatic heterocycles. The SMILES string of the molecule is Cc1cc(C(=O)N2CCN(C(=O)OC(C)(C)C)C[C@H]2/C=C/c2ccccc2)c(-c2ccccc2)n1-c1ccccc1. The second-order valence-corrected chi connectivity index (χ2v) is 11.3. The summed E-state index contributed by atoms with van der Waals surface area (Å²) in [5.41, 5.74) is 4.88. The summed E-state index contributed by atoms with van der Waals surface area (Å²) >= 11 is 0. The fourth-order valence-electron chi connectivity index (χ4n) is 5.25. The number of para-hydroxylation sites is 1. The average molecular weight is 548 g/mol. The van der Waals surface area contributed by atoms with Crippen LogP contribution in [0.5, 0.6) is 0 Å². The van der Waals surface area contributed by atoms with Gasteiger partial charge in [-0.15, -0.1) is 0 Å². The molecule has 6 heteroatoms. The van der Waals surface area contributed by atoms with Crippen LogP contribution in [0.4, 0.5) is 4.79 Å². The Bertz CT molecular complexity index is 1520. The van der Waals surface area contributed by atoms with Crippen molar-refractivity contribution >= 4 is 18.1 Å². The average Bonchev–Trinajstić information content (AvgIpc) is 3.33. The highest BCUT2D eigenvalue weighted by Gasteiger charge is 2.35. The molecule has 1 atom stereocenters. The van der Waals surface area contributed by atoms with Gasteiger partial charge in [-0.05, 0) is 57.0 Å². The van der Waals surface area contributed by atoms with Gasteiger partial charge in [-0.1, -0.05) is 91.0 Å². The molecule has 0 N–H and O–H groups in total. The number of aryl methyl sites for hydroxylation is 1. The van der Waals surface area contributed by atoms with E-state index in [0.717, 1.165) is 28.2 Å².